The van der Waals surface area contributed by atoms with E-state index in [2.05, 4.69) is 9.97 Å². The van der Waals surface area contributed by atoms with Gasteiger partial charge in [-0.05, 0) is 19.1 Å². The predicted molar refractivity (Wildman–Crippen MR) is 86.1 cm³/mol. The van der Waals surface area contributed by atoms with Crippen molar-refractivity contribution in [1.82, 2.24) is 9.97 Å². The molecule has 0 bridgehead atoms. The molecule has 2 heterocycles. The van der Waals surface area contributed by atoms with Crippen molar-refractivity contribution >= 4 is 23.3 Å². The van der Waals surface area contributed by atoms with Crippen molar-refractivity contribution in [3.63, 3.8) is 0 Å². The molecule has 0 saturated heterocycles. The molecule has 132 valence electrons. The Kier molecular flexibility index (Phi) is 5.17. The normalized spacial score (nSPS) is 10.3. The van der Waals surface area contributed by atoms with Gasteiger partial charge in [0.2, 0.25) is 11.7 Å². The van der Waals surface area contributed by atoms with Crippen molar-refractivity contribution in [1.29, 1.82) is 0 Å². The molecular weight excluding hydrogens is 334 g/mol. The molecule has 0 fully saturated rings. The topological polar surface area (TPSA) is 165 Å². The molecule has 0 radical (unpaired) electrons. The van der Waals surface area contributed by atoms with Gasteiger partial charge in [-0.2, -0.15) is 4.98 Å². The van der Waals surface area contributed by atoms with Crippen molar-refractivity contribution in [3.8, 4) is 11.6 Å². The number of nitro groups is 1. The number of anilines is 2. The first kappa shape index (κ1) is 17.7. The second-order valence-corrected chi connectivity index (χ2v) is 4.74. The monoisotopic (exact) mass is 349 g/mol. The summed E-state index contributed by atoms with van der Waals surface area (Å²) in [6.07, 6.45) is 0.436. The maximum Gasteiger partial charge on any atom is 0.414 e. The lowest BCUT2D eigenvalue weighted by Gasteiger charge is -2.22. The number of carbonyl (C=O) groups is 1. The highest BCUT2D eigenvalue weighted by Crippen LogP contribution is 2.36. The van der Waals surface area contributed by atoms with Gasteiger partial charge < -0.3 is 20.7 Å². The van der Waals surface area contributed by atoms with Crippen LogP contribution in [-0.2, 0) is 11.3 Å². The van der Waals surface area contributed by atoms with Crippen molar-refractivity contribution < 1.29 is 24.7 Å². The van der Waals surface area contributed by atoms with Crippen LogP contribution in [0.5, 0.6) is 11.6 Å². The highest BCUT2D eigenvalue weighted by Gasteiger charge is 2.30. The first-order valence-electron chi connectivity index (χ1n) is 7.06. The average molecular weight is 349 g/mol. The van der Waals surface area contributed by atoms with Gasteiger partial charge >= 0.3 is 11.8 Å². The zero-order valence-corrected chi connectivity index (χ0v) is 13.1. The maximum absolute atomic E-state index is 12.3. The third-order valence-electron chi connectivity index (χ3n) is 3.12. The Bertz CT molecular complexity index is 812. The lowest BCUT2D eigenvalue weighted by molar-refractivity contribution is -0.383. The van der Waals surface area contributed by atoms with E-state index >= 15 is 0 Å². The van der Waals surface area contributed by atoms with Crippen LogP contribution in [0.15, 0.2) is 24.4 Å². The highest BCUT2D eigenvalue weighted by molar-refractivity contribution is 5.92. The number of ether oxygens (including phenoxy) is 1. The van der Waals surface area contributed by atoms with Crippen molar-refractivity contribution in [3.05, 3.63) is 40.2 Å². The Hall–Kier alpha value is -3.63. The quantitative estimate of drug-likeness (QED) is 0.536. The number of nitrogens with two attached hydrogens (primary N) is 1. The van der Waals surface area contributed by atoms with E-state index < -0.39 is 28.4 Å². The second-order valence-electron chi connectivity index (χ2n) is 4.74. The summed E-state index contributed by atoms with van der Waals surface area (Å²) in [6.45, 7) is 1.21. The van der Waals surface area contributed by atoms with Gasteiger partial charge in [0.15, 0.2) is 0 Å². The number of rotatable bonds is 5. The second kappa shape index (κ2) is 7.29. The lowest BCUT2D eigenvalue weighted by Crippen LogP contribution is -2.32. The summed E-state index contributed by atoms with van der Waals surface area (Å²) in [4.78, 5) is 30.9. The zero-order valence-electron chi connectivity index (χ0n) is 13.1. The molecule has 11 heteroatoms. The Balaban J connectivity index is 2.59. The molecular formula is C14H15N5O6. The Morgan fingerprint density at radius 3 is 2.80 bits per heavy atom. The van der Waals surface area contributed by atoms with Crippen LogP contribution >= 0.6 is 0 Å². The van der Waals surface area contributed by atoms with E-state index in [4.69, 9.17) is 10.5 Å². The van der Waals surface area contributed by atoms with Gasteiger partial charge in [-0.25, -0.2) is 4.79 Å². The van der Waals surface area contributed by atoms with Crippen molar-refractivity contribution in [2.45, 2.75) is 13.5 Å². The molecule has 2 rings (SSSR count). The van der Waals surface area contributed by atoms with Gasteiger partial charge in [-0.3, -0.25) is 20.0 Å². The molecule has 25 heavy (non-hydrogen) atoms. The molecule has 11 nitrogen and oxygen atoms in total. The van der Waals surface area contributed by atoms with Crippen LogP contribution < -0.4 is 10.6 Å². The maximum atomic E-state index is 12.3. The molecule has 0 spiro atoms. The minimum Gasteiger partial charge on any atom is -0.506 e. The van der Waals surface area contributed by atoms with Gasteiger partial charge in [-0.15, -0.1) is 0 Å². The zero-order chi connectivity index (χ0) is 18.6. The van der Waals surface area contributed by atoms with Crippen LogP contribution in [0.2, 0.25) is 0 Å². The van der Waals surface area contributed by atoms with E-state index in [1.54, 1.807) is 6.92 Å². The fourth-order valence-electron chi connectivity index (χ4n) is 2.07. The summed E-state index contributed by atoms with van der Waals surface area (Å²) in [5.41, 5.74) is 4.56. The van der Waals surface area contributed by atoms with E-state index in [-0.39, 0.29) is 30.3 Å². The van der Waals surface area contributed by atoms with Crippen molar-refractivity contribution in [2.24, 2.45) is 0 Å². The number of hydrogen-bond donors (Lipinski definition) is 3. The number of aromatic hydroxyl groups is 2. The first-order chi connectivity index (χ1) is 11.8. The molecule has 0 aliphatic heterocycles. The SMILES string of the molecule is CCOC(=O)N(Cc1ncccc1O)c1cc(O)nc(N)c1[N+](=O)[O-]. The van der Waals surface area contributed by atoms with E-state index in [0.717, 1.165) is 11.0 Å². The standard InChI is InChI=1S/C14H15N5O6/c1-2-25-14(22)18(7-8-10(20)4-3-5-16-8)9-6-11(21)17-13(15)12(9)19(23)24/h3-6,20H,2,7H2,1H3,(H3,15,17,21). The Morgan fingerprint density at radius 2 is 2.20 bits per heavy atom. The average Bonchev–Trinajstić information content (AvgIpc) is 2.53. The fraction of sp³-hybridized carbons (Fsp3) is 0.214. The summed E-state index contributed by atoms with van der Waals surface area (Å²) >= 11 is 0. The van der Waals surface area contributed by atoms with Gasteiger partial charge in [0, 0.05) is 12.3 Å². The number of nitrogens with zero attached hydrogens (tertiary/aromatic N) is 4. The molecule has 0 atom stereocenters. The van der Waals surface area contributed by atoms with Crippen LogP contribution in [0.4, 0.5) is 22.0 Å². The summed E-state index contributed by atoms with van der Waals surface area (Å²) in [5, 5.41) is 30.8. The number of pyridine rings is 2. The minimum atomic E-state index is -0.944. The van der Waals surface area contributed by atoms with E-state index in [9.17, 15) is 25.1 Å². The molecule has 0 saturated carbocycles. The lowest BCUT2D eigenvalue weighted by atomic mass is 10.2. The number of hydrogen-bond acceptors (Lipinski definition) is 9. The summed E-state index contributed by atoms with van der Waals surface area (Å²) in [7, 11) is 0. The third-order valence-corrected chi connectivity index (χ3v) is 3.12. The van der Waals surface area contributed by atoms with Crippen LogP contribution in [0.1, 0.15) is 12.6 Å². The van der Waals surface area contributed by atoms with Crippen LogP contribution in [0.3, 0.4) is 0 Å². The Labute approximate surface area is 141 Å². The molecule has 2 aromatic rings. The van der Waals surface area contributed by atoms with E-state index in [1.807, 2.05) is 0 Å². The first-order valence-corrected chi connectivity index (χ1v) is 7.06. The fourth-order valence-corrected chi connectivity index (χ4v) is 2.07. The molecule has 4 N–H and O–H groups in total. The molecule has 0 aliphatic rings. The molecule has 0 aliphatic carbocycles. The molecule has 2 aromatic heterocycles. The third kappa shape index (κ3) is 3.83. The van der Waals surface area contributed by atoms with Crippen LogP contribution in [0, 0.1) is 10.1 Å². The Morgan fingerprint density at radius 1 is 1.48 bits per heavy atom. The minimum absolute atomic E-state index is 0.00385. The van der Waals surface area contributed by atoms with Gasteiger partial charge in [0.25, 0.3) is 0 Å². The van der Waals surface area contributed by atoms with Gasteiger partial charge in [0.1, 0.15) is 17.1 Å². The van der Waals surface area contributed by atoms with Crippen LogP contribution in [0.25, 0.3) is 0 Å². The largest absolute Gasteiger partial charge is 0.506 e. The van der Waals surface area contributed by atoms with E-state index in [0.29, 0.717) is 0 Å². The smallest absolute Gasteiger partial charge is 0.414 e. The molecule has 0 aromatic carbocycles. The molecule has 1 amide bonds. The number of amides is 1. The predicted octanol–water partition coefficient (Wildman–Crippen LogP) is 1.54. The number of nitrogen functional groups attached to an aromatic ring is 1. The van der Waals surface area contributed by atoms with Crippen molar-refractivity contribution in [2.75, 3.05) is 17.2 Å². The number of carbonyl (C=O) groups excluding carboxylic acids is 1. The van der Waals surface area contributed by atoms with Gasteiger partial charge in [-0.1, -0.05) is 0 Å². The van der Waals surface area contributed by atoms with Crippen LogP contribution in [-0.4, -0.2) is 37.8 Å². The molecule has 0 unspecified atom stereocenters. The van der Waals surface area contributed by atoms with E-state index in [1.165, 1.54) is 18.3 Å². The summed E-state index contributed by atoms with van der Waals surface area (Å²) in [6, 6.07) is 3.73. The van der Waals surface area contributed by atoms with Gasteiger partial charge in [0.05, 0.1) is 18.1 Å². The summed E-state index contributed by atoms with van der Waals surface area (Å²) in [5.74, 6) is -1.40. The summed E-state index contributed by atoms with van der Waals surface area (Å²) < 4.78 is 4.90. The number of aromatic nitrogens is 2. The highest BCUT2D eigenvalue weighted by atomic mass is 16.6.